The summed E-state index contributed by atoms with van der Waals surface area (Å²) >= 11 is 0. The molecule has 2 atom stereocenters. The van der Waals surface area contributed by atoms with Gasteiger partial charge in [0.1, 0.15) is 6.10 Å². The fraction of sp³-hybridized carbons (Fsp3) is 0.400. The van der Waals surface area contributed by atoms with E-state index in [4.69, 9.17) is 4.74 Å². The molecule has 82 valence electrons. The number of hydrogen-bond donors (Lipinski definition) is 2. The van der Waals surface area contributed by atoms with Crippen LogP contribution < -0.4 is 10.1 Å². The third kappa shape index (κ3) is 4.05. The van der Waals surface area contributed by atoms with Gasteiger partial charge in [-0.05, 0) is 13.0 Å². The molecular weight excluding hydrogens is 194 g/mol. The highest BCUT2D eigenvalue weighted by atomic mass is 16.5. The van der Waals surface area contributed by atoms with Crippen molar-refractivity contribution in [2.45, 2.75) is 19.3 Å². The van der Waals surface area contributed by atoms with Crippen LogP contribution in [0.4, 0.5) is 0 Å². The average molecular weight is 209 g/mol. The lowest BCUT2D eigenvalue weighted by molar-refractivity contribution is 0.0233. The minimum absolute atomic E-state index is 0.236. The van der Waals surface area contributed by atoms with E-state index >= 15 is 0 Å². The molecule has 0 fully saturated rings. The highest BCUT2D eigenvalue weighted by Crippen LogP contribution is 2.03. The van der Waals surface area contributed by atoms with Gasteiger partial charge in [-0.3, -0.25) is 5.32 Å². The van der Waals surface area contributed by atoms with Crippen LogP contribution in [0.1, 0.15) is 6.92 Å². The zero-order valence-corrected chi connectivity index (χ0v) is 8.63. The van der Waals surface area contributed by atoms with Crippen molar-refractivity contribution in [1.29, 1.82) is 0 Å². The van der Waals surface area contributed by atoms with E-state index in [1.807, 2.05) is 0 Å². The molecule has 0 aliphatic heterocycles. The molecule has 0 saturated carbocycles. The van der Waals surface area contributed by atoms with Crippen LogP contribution in [0.25, 0.3) is 0 Å². The normalized spacial score (nSPS) is 14.3. The van der Waals surface area contributed by atoms with Crippen LogP contribution in [0.2, 0.25) is 0 Å². The first-order chi connectivity index (χ1) is 7.24. The van der Waals surface area contributed by atoms with Gasteiger partial charge >= 0.3 is 6.01 Å². The van der Waals surface area contributed by atoms with Crippen molar-refractivity contribution < 1.29 is 9.84 Å². The van der Waals surface area contributed by atoms with Crippen LogP contribution in [0, 0.1) is 0 Å². The number of nitrogens with one attached hydrogen (secondary N) is 1. The summed E-state index contributed by atoms with van der Waals surface area (Å²) in [4.78, 5) is 7.80. The maximum atomic E-state index is 9.42. The van der Waals surface area contributed by atoms with Crippen molar-refractivity contribution in [2.75, 3.05) is 6.54 Å². The molecule has 0 radical (unpaired) electrons. The molecule has 0 aromatic carbocycles. The van der Waals surface area contributed by atoms with E-state index in [0.717, 1.165) is 0 Å². The van der Waals surface area contributed by atoms with E-state index in [0.29, 0.717) is 6.54 Å². The average Bonchev–Trinajstić information content (AvgIpc) is 2.25. The van der Waals surface area contributed by atoms with Crippen molar-refractivity contribution in [2.24, 2.45) is 0 Å². The predicted octanol–water partition coefficient (Wildman–Crippen LogP) is 0.338. The molecule has 0 amide bonds. The maximum Gasteiger partial charge on any atom is 0.317 e. The first kappa shape index (κ1) is 11.6. The van der Waals surface area contributed by atoms with Gasteiger partial charge in [-0.15, -0.1) is 6.58 Å². The van der Waals surface area contributed by atoms with Crippen LogP contribution in [0.3, 0.4) is 0 Å². The minimum Gasteiger partial charge on any atom is -0.442 e. The Balaban J connectivity index is 2.54. The molecule has 2 unspecified atom stereocenters. The number of aromatic nitrogens is 2. The number of rotatable bonds is 6. The molecular formula is C10H15N3O2. The summed E-state index contributed by atoms with van der Waals surface area (Å²) in [5.41, 5.74) is 0. The van der Waals surface area contributed by atoms with Gasteiger partial charge in [-0.2, -0.15) is 0 Å². The summed E-state index contributed by atoms with van der Waals surface area (Å²) in [6.07, 6.45) is 3.65. The zero-order valence-electron chi connectivity index (χ0n) is 8.63. The SMILES string of the molecule is C=CCNC(Oc1ncccn1)C(C)O. The lowest BCUT2D eigenvalue weighted by Gasteiger charge is -2.20. The van der Waals surface area contributed by atoms with Crippen molar-refractivity contribution >= 4 is 0 Å². The van der Waals surface area contributed by atoms with E-state index in [-0.39, 0.29) is 6.01 Å². The third-order valence-electron chi connectivity index (χ3n) is 1.68. The van der Waals surface area contributed by atoms with Gasteiger partial charge < -0.3 is 9.84 Å². The Morgan fingerprint density at radius 2 is 2.27 bits per heavy atom. The number of hydrogen-bond acceptors (Lipinski definition) is 5. The van der Waals surface area contributed by atoms with Crippen molar-refractivity contribution in [3.05, 3.63) is 31.1 Å². The third-order valence-corrected chi connectivity index (χ3v) is 1.68. The molecule has 1 aromatic heterocycles. The quantitative estimate of drug-likeness (QED) is 0.522. The summed E-state index contributed by atoms with van der Waals surface area (Å²) in [6, 6.07) is 1.93. The van der Waals surface area contributed by atoms with E-state index in [9.17, 15) is 5.11 Å². The Kier molecular flexibility index (Phi) is 4.73. The molecule has 1 heterocycles. The molecule has 2 N–H and O–H groups in total. The van der Waals surface area contributed by atoms with Gasteiger partial charge in [0.25, 0.3) is 0 Å². The van der Waals surface area contributed by atoms with Crippen LogP contribution in [0.5, 0.6) is 6.01 Å². The van der Waals surface area contributed by atoms with Crippen molar-refractivity contribution in [1.82, 2.24) is 15.3 Å². The number of nitrogens with zero attached hydrogens (tertiary/aromatic N) is 2. The van der Waals surface area contributed by atoms with Gasteiger partial charge in [-0.1, -0.05) is 6.08 Å². The fourth-order valence-corrected chi connectivity index (χ4v) is 0.970. The van der Waals surface area contributed by atoms with E-state index in [2.05, 4.69) is 21.9 Å². The largest absolute Gasteiger partial charge is 0.442 e. The monoisotopic (exact) mass is 209 g/mol. The van der Waals surface area contributed by atoms with Crippen LogP contribution in [-0.2, 0) is 0 Å². The molecule has 0 spiro atoms. The van der Waals surface area contributed by atoms with Gasteiger partial charge in [0.05, 0.1) is 0 Å². The lowest BCUT2D eigenvalue weighted by Crippen LogP contribution is -2.43. The molecule has 0 aliphatic rings. The van der Waals surface area contributed by atoms with Gasteiger partial charge in [-0.25, -0.2) is 9.97 Å². The Morgan fingerprint density at radius 3 is 2.80 bits per heavy atom. The maximum absolute atomic E-state index is 9.42. The Morgan fingerprint density at radius 1 is 1.60 bits per heavy atom. The summed E-state index contributed by atoms with van der Waals surface area (Å²) < 4.78 is 5.35. The lowest BCUT2D eigenvalue weighted by atomic mass is 10.3. The molecule has 0 saturated heterocycles. The van der Waals surface area contributed by atoms with Crippen LogP contribution >= 0.6 is 0 Å². The van der Waals surface area contributed by atoms with Crippen molar-refractivity contribution in [3.8, 4) is 6.01 Å². The topological polar surface area (TPSA) is 67.3 Å². The number of ether oxygens (including phenoxy) is 1. The Bertz CT molecular complexity index is 290. The van der Waals surface area contributed by atoms with E-state index in [1.54, 1.807) is 31.5 Å². The molecule has 5 heteroatoms. The molecule has 1 rings (SSSR count). The van der Waals surface area contributed by atoms with Gasteiger partial charge in [0.15, 0.2) is 6.23 Å². The Labute approximate surface area is 88.8 Å². The molecule has 1 aromatic rings. The Hall–Kier alpha value is -1.46. The minimum atomic E-state index is -0.659. The summed E-state index contributed by atoms with van der Waals surface area (Å²) in [5, 5.41) is 12.4. The summed E-state index contributed by atoms with van der Waals surface area (Å²) in [6.45, 7) is 5.74. The molecule has 0 aliphatic carbocycles. The van der Waals surface area contributed by atoms with E-state index < -0.39 is 12.3 Å². The number of aliphatic hydroxyl groups is 1. The predicted molar refractivity (Wildman–Crippen MR) is 56.3 cm³/mol. The first-order valence-corrected chi connectivity index (χ1v) is 4.70. The standard InChI is InChI=1S/C10H15N3O2/c1-3-5-11-9(8(2)14)15-10-12-6-4-7-13-10/h3-4,6-9,11,14H,1,5H2,2H3. The van der Waals surface area contributed by atoms with Crippen molar-refractivity contribution in [3.63, 3.8) is 0 Å². The van der Waals surface area contributed by atoms with Crippen LogP contribution in [-0.4, -0.2) is 34.0 Å². The zero-order chi connectivity index (χ0) is 11.1. The van der Waals surface area contributed by atoms with Gasteiger partial charge in [0.2, 0.25) is 0 Å². The summed E-state index contributed by atoms with van der Waals surface area (Å²) in [7, 11) is 0. The second kappa shape index (κ2) is 6.10. The summed E-state index contributed by atoms with van der Waals surface area (Å²) in [5.74, 6) is 0. The van der Waals surface area contributed by atoms with Crippen LogP contribution in [0.15, 0.2) is 31.1 Å². The van der Waals surface area contributed by atoms with E-state index in [1.165, 1.54) is 0 Å². The van der Waals surface area contributed by atoms with Gasteiger partial charge in [0, 0.05) is 18.9 Å². The second-order valence-electron chi connectivity index (χ2n) is 3.01. The smallest absolute Gasteiger partial charge is 0.317 e. The molecule has 15 heavy (non-hydrogen) atoms. The second-order valence-corrected chi connectivity index (χ2v) is 3.01. The first-order valence-electron chi connectivity index (χ1n) is 4.70. The highest BCUT2D eigenvalue weighted by molar-refractivity contribution is 4.94. The number of aliphatic hydroxyl groups excluding tert-OH is 1. The highest BCUT2D eigenvalue weighted by Gasteiger charge is 2.16. The fourth-order valence-electron chi connectivity index (χ4n) is 0.970. The molecule has 5 nitrogen and oxygen atoms in total. The molecule has 0 bridgehead atoms.